The Morgan fingerprint density at radius 3 is 2.92 bits per heavy atom. The molecule has 0 saturated carbocycles. The van der Waals surface area contributed by atoms with E-state index in [1.165, 1.54) is 25.9 Å². The zero-order chi connectivity index (χ0) is 16.3. The van der Waals surface area contributed by atoms with Gasteiger partial charge in [-0.25, -0.2) is 9.98 Å². The minimum atomic E-state index is -0.0684. The van der Waals surface area contributed by atoms with Crippen molar-refractivity contribution in [2.24, 2.45) is 18.0 Å². The third-order valence-electron chi connectivity index (χ3n) is 6.01. The first kappa shape index (κ1) is 14.4. The highest BCUT2D eigenvalue weighted by Gasteiger charge is 2.52. The summed E-state index contributed by atoms with van der Waals surface area (Å²) in [6.07, 6.45) is 3.37. The molecule has 6 nitrogen and oxygen atoms in total. The normalized spacial score (nSPS) is 33.7. The first-order valence-corrected chi connectivity index (χ1v) is 8.80. The van der Waals surface area contributed by atoms with Crippen molar-refractivity contribution in [2.75, 3.05) is 19.6 Å². The van der Waals surface area contributed by atoms with Crippen LogP contribution in [0, 0.1) is 12.8 Å². The molecule has 0 radical (unpaired) electrons. The lowest BCUT2D eigenvalue weighted by Gasteiger charge is -2.49. The van der Waals surface area contributed by atoms with Gasteiger partial charge in [0.15, 0.2) is 0 Å². The molecule has 1 aromatic carbocycles. The Bertz CT molecular complexity index is 833. The molecule has 1 atom stereocenters. The fraction of sp³-hybridized carbons (Fsp3) is 0.556. The number of aromatic nitrogens is 2. The zero-order valence-corrected chi connectivity index (χ0v) is 14.2. The van der Waals surface area contributed by atoms with Crippen molar-refractivity contribution in [3.05, 3.63) is 24.0 Å². The number of benzene rings is 1. The summed E-state index contributed by atoms with van der Waals surface area (Å²) in [5, 5.41) is 0. The maximum Gasteiger partial charge on any atom is 0.129 e. The second-order valence-electron chi connectivity index (χ2n) is 7.45. The van der Waals surface area contributed by atoms with Gasteiger partial charge in [-0.3, -0.25) is 10.3 Å². The number of amidine groups is 1. The molecule has 126 valence electrons. The molecule has 1 N–H and O–H groups in total. The van der Waals surface area contributed by atoms with Gasteiger partial charge in [-0.15, -0.1) is 0 Å². The number of hydrogen-bond donors (Lipinski definition) is 1. The van der Waals surface area contributed by atoms with Gasteiger partial charge in [-0.05, 0) is 57.0 Å². The first-order chi connectivity index (χ1) is 11.6. The third-order valence-corrected chi connectivity index (χ3v) is 6.01. The second kappa shape index (κ2) is 5.04. The predicted molar refractivity (Wildman–Crippen MR) is 93.3 cm³/mol. The van der Waals surface area contributed by atoms with Crippen LogP contribution in [0.2, 0.25) is 0 Å². The smallest absolute Gasteiger partial charge is 0.129 e. The number of fused-ring (bicyclic) bond motifs is 3. The van der Waals surface area contributed by atoms with Crippen LogP contribution in [0.4, 0.5) is 5.69 Å². The van der Waals surface area contributed by atoms with Crippen LogP contribution in [0.3, 0.4) is 0 Å². The fourth-order valence-corrected chi connectivity index (χ4v) is 4.55. The summed E-state index contributed by atoms with van der Waals surface area (Å²) in [6.45, 7) is 5.49. The summed E-state index contributed by atoms with van der Waals surface area (Å²) in [6, 6.07) is 6.20. The number of nitrogens with one attached hydrogen (secondary N) is 1. The van der Waals surface area contributed by atoms with E-state index >= 15 is 0 Å². The minimum Gasteiger partial charge on any atom is -0.331 e. The van der Waals surface area contributed by atoms with Crippen molar-refractivity contribution in [1.29, 1.82) is 0 Å². The summed E-state index contributed by atoms with van der Waals surface area (Å²) in [5.74, 6) is 2.61. The van der Waals surface area contributed by atoms with Crippen LogP contribution in [-0.4, -0.2) is 45.5 Å². The number of imidazole rings is 1. The zero-order valence-electron chi connectivity index (χ0n) is 14.2. The van der Waals surface area contributed by atoms with Gasteiger partial charge in [0.05, 0.1) is 16.7 Å². The average molecular weight is 325 g/mol. The Balaban J connectivity index is 1.43. The monoisotopic (exact) mass is 325 g/mol. The van der Waals surface area contributed by atoms with E-state index < -0.39 is 0 Å². The second-order valence-corrected chi connectivity index (χ2v) is 7.45. The summed E-state index contributed by atoms with van der Waals surface area (Å²) < 4.78 is 2.10. The predicted octanol–water partition coefficient (Wildman–Crippen LogP) is 2.30. The topological polar surface area (TPSA) is 54.7 Å². The Labute approximate surface area is 141 Å². The molecule has 2 aromatic rings. The molecule has 24 heavy (non-hydrogen) atoms. The molecule has 5 heterocycles. The molecule has 4 saturated heterocycles. The van der Waals surface area contributed by atoms with E-state index in [9.17, 15) is 0 Å². The van der Waals surface area contributed by atoms with Gasteiger partial charge in [0, 0.05) is 20.0 Å². The van der Waals surface area contributed by atoms with E-state index in [0.29, 0.717) is 5.92 Å². The van der Waals surface area contributed by atoms with Gasteiger partial charge in [-0.1, -0.05) is 0 Å². The fourth-order valence-electron chi connectivity index (χ4n) is 4.55. The highest BCUT2D eigenvalue weighted by molar-refractivity contribution is 5.88. The van der Waals surface area contributed by atoms with Crippen molar-refractivity contribution in [3.63, 3.8) is 0 Å². The number of nitrogens with zero attached hydrogens (tertiary/aromatic N) is 4. The molecule has 6 rings (SSSR count). The summed E-state index contributed by atoms with van der Waals surface area (Å²) >= 11 is 0. The molecular weight excluding hydrogens is 302 g/mol. The molecule has 0 aliphatic carbocycles. The quantitative estimate of drug-likeness (QED) is 0.874. The van der Waals surface area contributed by atoms with E-state index in [2.05, 4.69) is 38.1 Å². The van der Waals surface area contributed by atoms with Crippen LogP contribution in [0.25, 0.3) is 11.0 Å². The van der Waals surface area contributed by atoms with Crippen molar-refractivity contribution in [2.45, 2.75) is 31.8 Å². The van der Waals surface area contributed by atoms with Crippen LogP contribution < -0.4 is 5.48 Å². The molecule has 0 amide bonds. The summed E-state index contributed by atoms with van der Waals surface area (Å²) in [4.78, 5) is 18.0. The van der Waals surface area contributed by atoms with Gasteiger partial charge >= 0.3 is 0 Å². The molecule has 6 heteroatoms. The maximum absolute atomic E-state index is 6.07. The van der Waals surface area contributed by atoms with Gasteiger partial charge in [0.1, 0.15) is 17.3 Å². The maximum atomic E-state index is 6.07. The number of aliphatic imine (C=N–C) groups is 1. The van der Waals surface area contributed by atoms with Crippen LogP contribution in [0.5, 0.6) is 0 Å². The van der Waals surface area contributed by atoms with E-state index in [1.807, 2.05) is 14.0 Å². The van der Waals surface area contributed by atoms with E-state index in [-0.39, 0.29) is 5.60 Å². The van der Waals surface area contributed by atoms with Crippen LogP contribution in [0.1, 0.15) is 25.1 Å². The van der Waals surface area contributed by atoms with Crippen molar-refractivity contribution < 1.29 is 4.84 Å². The Kier molecular flexibility index (Phi) is 3.03. The lowest BCUT2D eigenvalue weighted by Crippen LogP contribution is -2.59. The Morgan fingerprint density at radius 1 is 1.33 bits per heavy atom. The number of aryl methyl sites for hydroxylation is 2. The first-order valence-electron chi connectivity index (χ1n) is 8.80. The highest BCUT2D eigenvalue weighted by atomic mass is 16.7. The average Bonchev–Trinajstić information content (AvgIpc) is 3.10. The standard InChI is InChI=1S/C18H23N5O/c1-12-19-15-9-14(3-4-16(15)22(12)2)20-17-10-18(24-21-17)11-23-7-5-13(18)6-8-23/h3-4,9,13H,5-8,10-11H2,1-2H3,(H,20,21). The molecule has 1 unspecified atom stereocenters. The number of rotatable bonds is 1. The molecule has 4 aliphatic rings. The largest absolute Gasteiger partial charge is 0.331 e. The number of hydrogen-bond acceptors (Lipinski definition) is 4. The number of piperidine rings is 3. The molecule has 1 aromatic heterocycles. The Hall–Kier alpha value is -1.92. The van der Waals surface area contributed by atoms with Crippen LogP contribution >= 0.6 is 0 Å². The van der Waals surface area contributed by atoms with Crippen LogP contribution in [-0.2, 0) is 11.9 Å². The van der Waals surface area contributed by atoms with E-state index in [1.54, 1.807) is 0 Å². The SMILES string of the molecule is Cc1nc2cc(N=C3CC4(CN5CCC4CC5)ON3)ccc2n1C. The summed E-state index contributed by atoms with van der Waals surface area (Å²) in [7, 11) is 2.04. The van der Waals surface area contributed by atoms with Crippen molar-refractivity contribution in [1.82, 2.24) is 19.9 Å². The molecular formula is C18H23N5O. The van der Waals surface area contributed by atoms with Gasteiger partial charge < -0.3 is 9.47 Å². The van der Waals surface area contributed by atoms with Gasteiger partial charge in [-0.2, -0.15) is 0 Å². The molecule has 4 fully saturated rings. The van der Waals surface area contributed by atoms with E-state index in [4.69, 9.17) is 9.83 Å². The number of hydroxylamine groups is 1. The van der Waals surface area contributed by atoms with Crippen LogP contribution in [0.15, 0.2) is 23.2 Å². The lowest BCUT2D eigenvalue weighted by molar-refractivity contribution is -0.150. The molecule has 2 bridgehead atoms. The Morgan fingerprint density at radius 2 is 2.17 bits per heavy atom. The highest BCUT2D eigenvalue weighted by Crippen LogP contribution is 2.42. The van der Waals surface area contributed by atoms with Crippen molar-refractivity contribution >= 4 is 22.6 Å². The lowest BCUT2D eigenvalue weighted by atomic mass is 9.74. The summed E-state index contributed by atoms with van der Waals surface area (Å²) in [5.41, 5.74) is 6.11. The van der Waals surface area contributed by atoms with Gasteiger partial charge in [0.25, 0.3) is 0 Å². The molecule has 1 spiro atoms. The minimum absolute atomic E-state index is 0.0684. The third kappa shape index (κ3) is 2.09. The molecule has 4 aliphatic heterocycles. The van der Waals surface area contributed by atoms with Gasteiger partial charge in [0.2, 0.25) is 0 Å². The van der Waals surface area contributed by atoms with E-state index in [0.717, 1.165) is 41.3 Å². The van der Waals surface area contributed by atoms with Crippen molar-refractivity contribution in [3.8, 4) is 0 Å².